The first-order valence-electron chi connectivity index (χ1n) is 26.1. The first kappa shape index (κ1) is 54.6. The molecule has 0 aromatic heterocycles. The van der Waals surface area contributed by atoms with Crippen molar-refractivity contribution in [3.63, 3.8) is 0 Å². The highest BCUT2D eigenvalue weighted by Crippen LogP contribution is 2.18. The molecule has 0 aliphatic heterocycles. The topological polar surface area (TPSA) is 0 Å². The van der Waals surface area contributed by atoms with E-state index in [2.05, 4.69) is 37.0 Å². The second-order valence-corrected chi connectivity index (χ2v) is 18.5. The molecular formula is C54H103P. The van der Waals surface area contributed by atoms with Crippen molar-refractivity contribution in [3.05, 3.63) is 0 Å². The van der Waals surface area contributed by atoms with Gasteiger partial charge in [0.25, 0.3) is 0 Å². The summed E-state index contributed by atoms with van der Waals surface area (Å²) in [4.78, 5) is 0. The van der Waals surface area contributed by atoms with Crippen molar-refractivity contribution in [1.82, 2.24) is 0 Å². The molecular weight excluding hydrogens is 680 g/mol. The third-order valence-electron chi connectivity index (χ3n) is 12.1. The van der Waals surface area contributed by atoms with Crippen LogP contribution in [-0.2, 0) is 0 Å². The first-order chi connectivity index (χ1) is 27.4. The molecule has 0 amide bonds. The summed E-state index contributed by atoms with van der Waals surface area (Å²) in [6.07, 6.45) is 68.8. The monoisotopic (exact) mass is 783 g/mol. The lowest BCUT2D eigenvalue weighted by atomic mass is 10.0. The molecule has 0 aromatic rings. The summed E-state index contributed by atoms with van der Waals surface area (Å²) in [5.74, 6) is 6.76. The number of hydrogen-bond acceptors (Lipinski definition) is 0. The second-order valence-electron chi connectivity index (χ2n) is 17.8. The normalized spacial score (nSPS) is 11.1. The van der Waals surface area contributed by atoms with E-state index in [4.69, 9.17) is 0 Å². The van der Waals surface area contributed by atoms with Gasteiger partial charge in [0.1, 0.15) is 0 Å². The zero-order valence-electron chi connectivity index (χ0n) is 38.4. The van der Waals surface area contributed by atoms with Crippen LogP contribution in [0.15, 0.2) is 0 Å². The van der Waals surface area contributed by atoms with Crippen LogP contribution in [0.5, 0.6) is 0 Å². The Balaban J connectivity index is 3.17. The molecule has 0 atom stereocenters. The van der Waals surface area contributed by atoms with Crippen LogP contribution in [0, 0.1) is 23.2 Å². The second kappa shape index (κ2) is 53.6. The molecule has 0 fully saturated rings. The van der Waals surface area contributed by atoms with Gasteiger partial charge >= 0.3 is 0 Å². The van der Waals surface area contributed by atoms with Crippen LogP contribution in [0.3, 0.4) is 0 Å². The van der Waals surface area contributed by atoms with Crippen LogP contribution < -0.4 is 0 Å². The van der Waals surface area contributed by atoms with Crippen LogP contribution in [0.25, 0.3) is 0 Å². The van der Waals surface area contributed by atoms with Gasteiger partial charge in [-0.05, 0) is 12.8 Å². The minimum absolute atomic E-state index is 0.530. The Kier molecular flexibility index (Phi) is 53.1. The van der Waals surface area contributed by atoms with Gasteiger partial charge in [-0.3, -0.25) is 0 Å². The van der Waals surface area contributed by atoms with Crippen LogP contribution in [0.1, 0.15) is 322 Å². The van der Waals surface area contributed by atoms with Gasteiger partial charge in [-0.1, -0.05) is 320 Å². The SMILES string of the molecule is CCCCCCCCCCCCCCCCCCCCCCCCCC#CPC#CCCCCCCCCCCCCCCCCCCCCCCCCC. The fourth-order valence-corrected chi connectivity index (χ4v) is 8.73. The molecule has 0 unspecified atom stereocenters. The van der Waals surface area contributed by atoms with E-state index in [1.807, 2.05) is 0 Å². The maximum absolute atomic E-state index is 3.38. The summed E-state index contributed by atoms with van der Waals surface area (Å²) in [6, 6.07) is 0. The number of rotatable bonds is 46. The Morgan fingerprint density at radius 2 is 0.345 bits per heavy atom. The predicted molar refractivity (Wildman–Crippen MR) is 257 cm³/mol. The first-order valence-corrected chi connectivity index (χ1v) is 27.1. The standard InChI is InChI=1S/C54H103P/c1-3-5-7-9-11-13-15-17-19-21-23-25-27-29-31-33-35-37-39-41-43-45-47-49-51-53-55-54-52-50-48-46-44-42-40-38-36-34-32-30-28-26-24-22-20-18-16-14-12-10-8-6-4-2/h55H,3-50H2,1-2H3. The van der Waals surface area contributed by atoms with Crippen molar-refractivity contribution in [1.29, 1.82) is 0 Å². The van der Waals surface area contributed by atoms with Gasteiger partial charge in [-0.15, -0.1) is 0 Å². The zero-order chi connectivity index (χ0) is 39.5. The third-order valence-corrected chi connectivity index (χ3v) is 12.7. The van der Waals surface area contributed by atoms with E-state index in [-0.39, 0.29) is 0 Å². The van der Waals surface area contributed by atoms with E-state index in [1.54, 1.807) is 0 Å². The minimum Gasteiger partial charge on any atom is -0.0979 e. The fourth-order valence-electron chi connectivity index (χ4n) is 8.24. The van der Waals surface area contributed by atoms with E-state index in [1.165, 1.54) is 295 Å². The molecule has 0 bridgehead atoms. The molecule has 0 spiro atoms. The average molecular weight is 783 g/mol. The third kappa shape index (κ3) is 53.5. The molecule has 324 valence electrons. The Labute approximate surface area is 352 Å². The molecule has 0 aromatic carbocycles. The Bertz CT molecular complexity index is 726. The van der Waals surface area contributed by atoms with E-state index in [0.29, 0.717) is 8.58 Å². The molecule has 0 aliphatic rings. The predicted octanol–water partition coefficient (Wildman–Crippen LogP) is 20.4. The van der Waals surface area contributed by atoms with E-state index in [9.17, 15) is 0 Å². The van der Waals surface area contributed by atoms with Crippen molar-refractivity contribution in [2.45, 2.75) is 322 Å². The lowest BCUT2D eigenvalue weighted by Gasteiger charge is -2.04. The van der Waals surface area contributed by atoms with Crippen LogP contribution in [0.2, 0.25) is 0 Å². The van der Waals surface area contributed by atoms with E-state index in [0.717, 1.165) is 12.8 Å². The van der Waals surface area contributed by atoms with E-state index < -0.39 is 0 Å². The Morgan fingerprint density at radius 1 is 0.200 bits per heavy atom. The summed E-state index contributed by atoms with van der Waals surface area (Å²) >= 11 is 0. The lowest BCUT2D eigenvalue weighted by Crippen LogP contribution is -1.84. The van der Waals surface area contributed by atoms with Crippen molar-refractivity contribution >= 4 is 8.58 Å². The Morgan fingerprint density at radius 3 is 0.509 bits per heavy atom. The maximum atomic E-state index is 3.38. The highest BCUT2D eigenvalue weighted by Gasteiger charge is 1.98. The summed E-state index contributed by atoms with van der Waals surface area (Å²) < 4.78 is 0. The molecule has 0 rings (SSSR count). The average Bonchev–Trinajstić information content (AvgIpc) is 3.20. The quantitative estimate of drug-likeness (QED) is 0.0328. The molecule has 0 N–H and O–H groups in total. The molecule has 0 nitrogen and oxygen atoms in total. The molecule has 0 saturated carbocycles. The molecule has 0 aliphatic carbocycles. The summed E-state index contributed by atoms with van der Waals surface area (Å²) in [6.45, 7) is 4.62. The number of unbranched alkanes of at least 4 members (excludes halogenated alkanes) is 46. The highest BCUT2D eigenvalue weighted by atomic mass is 31.1. The van der Waals surface area contributed by atoms with Crippen LogP contribution in [0.4, 0.5) is 0 Å². The smallest absolute Gasteiger partial charge is 0.0358 e. The van der Waals surface area contributed by atoms with Crippen molar-refractivity contribution in [2.24, 2.45) is 0 Å². The van der Waals surface area contributed by atoms with Gasteiger partial charge in [-0.25, -0.2) is 0 Å². The van der Waals surface area contributed by atoms with Crippen LogP contribution >= 0.6 is 8.58 Å². The van der Waals surface area contributed by atoms with E-state index >= 15 is 0 Å². The van der Waals surface area contributed by atoms with Crippen molar-refractivity contribution in [3.8, 4) is 23.2 Å². The molecule has 0 saturated heterocycles. The van der Waals surface area contributed by atoms with Gasteiger partial charge in [0, 0.05) is 21.4 Å². The molecule has 0 heterocycles. The van der Waals surface area contributed by atoms with Gasteiger partial charge in [0.15, 0.2) is 0 Å². The largest absolute Gasteiger partial charge is 0.0979 e. The summed E-state index contributed by atoms with van der Waals surface area (Å²) in [7, 11) is 0.530. The van der Waals surface area contributed by atoms with Gasteiger partial charge in [0.2, 0.25) is 0 Å². The Hall–Kier alpha value is -0.450. The maximum Gasteiger partial charge on any atom is 0.0358 e. The molecule has 55 heavy (non-hydrogen) atoms. The number of hydrogen-bond donors (Lipinski definition) is 0. The van der Waals surface area contributed by atoms with Crippen molar-refractivity contribution < 1.29 is 0 Å². The highest BCUT2D eigenvalue weighted by molar-refractivity contribution is 7.49. The van der Waals surface area contributed by atoms with Crippen molar-refractivity contribution in [2.75, 3.05) is 0 Å². The fraction of sp³-hybridized carbons (Fsp3) is 0.926. The van der Waals surface area contributed by atoms with Crippen LogP contribution in [-0.4, -0.2) is 0 Å². The summed E-state index contributed by atoms with van der Waals surface area (Å²) in [5.41, 5.74) is 6.64. The van der Waals surface area contributed by atoms with Gasteiger partial charge in [-0.2, -0.15) is 0 Å². The van der Waals surface area contributed by atoms with Gasteiger partial charge < -0.3 is 0 Å². The lowest BCUT2D eigenvalue weighted by molar-refractivity contribution is 0.518. The van der Waals surface area contributed by atoms with Gasteiger partial charge in [0.05, 0.1) is 0 Å². The summed E-state index contributed by atoms with van der Waals surface area (Å²) in [5, 5.41) is 0. The molecule has 1 heteroatoms. The minimum atomic E-state index is 0.530. The zero-order valence-corrected chi connectivity index (χ0v) is 39.4. The molecule has 0 radical (unpaired) electrons.